The highest BCUT2D eigenvalue weighted by atomic mass is 16.5. The van der Waals surface area contributed by atoms with Gasteiger partial charge in [-0.2, -0.15) is 0 Å². The van der Waals surface area contributed by atoms with E-state index < -0.39 is 11.7 Å². The highest BCUT2D eigenvalue weighted by Gasteiger charge is 2.25. The summed E-state index contributed by atoms with van der Waals surface area (Å²) in [6.07, 6.45) is 0.582. The van der Waals surface area contributed by atoms with Crippen molar-refractivity contribution in [2.24, 2.45) is 0 Å². The fraction of sp³-hybridized carbons (Fsp3) is 0.400. The maximum Gasteiger partial charge on any atom is 0.347 e. The molecule has 0 radical (unpaired) electrons. The number of aliphatic hydroxyl groups is 1. The molecular weight excluding hydrogens is 336 g/mol. The van der Waals surface area contributed by atoms with Crippen LogP contribution in [-0.4, -0.2) is 28.2 Å². The van der Waals surface area contributed by atoms with Gasteiger partial charge in [0.15, 0.2) is 5.78 Å². The number of hydrogen-bond donors (Lipinski definition) is 2. The van der Waals surface area contributed by atoms with Crippen LogP contribution >= 0.6 is 0 Å². The minimum atomic E-state index is -0.666. The summed E-state index contributed by atoms with van der Waals surface area (Å²) in [6, 6.07) is 3.00. The van der Waals surface area contributed by atoms with Crippen molar-refractivity contribution in [1.29, 1.82) is 0 Å². The Kier molecular flexibility index (Phi) is 4.63. The van der Waals surface area contributed by atoms with E-state index in [4.69, 9.17) is 9.15 Å². The van der Waals surface area contributed by atoms with Crippen LogP contribution in [0.5, 0.6) is 5.75 Å². The maximum atomic E-state index is 12.4. The lowest BCUT2D eigenvalue weighted by Gasteiger charge is -2.22. The average Bonchev–Trinajstić information content (AvgIpc) is 2.54. The van der Waals surface area contributed by atoms with E-state index in [0.29, 0.717) is 16.5 Å². The summed E-state index contributed by atoms with van der Waals surface area (Å²) >= 11 is 0. The molecule has 26 heavy (non-hydrogen) atoms. The van der Waals surface area contributed by atoms with Crippen LogP contribution in [0.15, 0.2) is 27.4 Å². The number of carbonyl (C=O) groups is 1. The lowest BCUT2D eigenvalue weighted by molar-refractivity contribution is -0.117. The number of aromatic hydroxyl groups is 1. The minimum Gasteiger partial charge on any atom is -0.508 e. The van der Waals surface area contributed by atoms with Crippen LogP contribution < -0.4 is 5.63 Å². The second-order valence-corrected chi connectivity index (χ2v) is 6.93. The van der Waals surface area contributed by atoms with Gasteiger partial charge in [0, 0.05) is 29.9 Å². The molecule has 6 nitrogen and oxygen atoms in total. The number of benzene rings is 1. The van der Waals surface area contributed by atoms with Crippen LogP contribution in [0.3, 0.4) is 0 Å². The van der Waals surface area contributed by atoms with Gasteiger partial charge in [-0.05, 0) is 38.0 Å². The van der Waals surface area contributed by atoms with Crippen molar-refractivity contribution in [2.75, 3.05) is 0 Å². The Bertz CT molecular complexity index is 966. The molecule has 2 aromatic rings. The van der Waals surface area contributed by atoms with Crippen molar-refractivity contribution in [3.05, 3.63) is 45.3 Å². The Morgan fingerprint density at radius 3 is 2.54 bits per heavy atom. The first kappa shape index (κ1) is 18.2. The van der Waals surface area contributed by atoms with Gasteiger partial charge in [-0.3, -0.25) is 4.79 Å². The molecule has 3 atom stereocenters. The van der Waals surface area contributed by atoms with Crippen molar-refractivity contribution in [3.8, 4) is 5.75 Å². The lowest BCUT2D eigenvalue weighted by atomic mass is 9.88. The third kappa shape index (κ3) is 3.12. The molecule has 2 N–H and O–H groups in total. The third-order valence-electron chi connectivity index (χ3n) is 4.88. The molecule has 0 spiro atoms. The zero-order valence-electron chi connectivity index (χ0n) is 15.2. The number of allylic oxidation sites excluding steroid dienone is 1. The predicted molar refractivity (Wildman–Crippen MR) is 97.1 cm³/mol. The molecule has 0 amide bonds. The number of hydrogen-bond acceptors (Lipinski definition) is 6. The van der Waals surface area contributed by atoms with Crippen LogP contribution in [0.25, 0.3) is 16.7 Å². The van der Waals surface area contributed by atoms with Crippen molar-refractivity contribution < 1.29 is 24.2 Å². The van der Waals surface area contributed by atoms with E-state index in [1.807, 2.05) is 6.92 Å². The van der Waals surface area contributed by atoms with Gasteiger partial charge in [-0.25, -0.2) is 4.79 Å². The molecule has 2 heterocycles. The van der Waals surface area contributed by atoms with Gasteiger partial charge in [-0.1, -0.05) is 6.92 Å². The molecule has 3 rings (SSSR count). The van der Waals surface area contributed by atoms with Crippen LogP contribution in [0.1, 0.15) is 49.8 Å². The molecule has 1 aromatic carbocycles. The highest BCUT2D eigenvalue weighted by molar-refractivity contribution is 5.98. The van der Waals surface area contributed by atoms with Crippen molar-refractivity contribution >= 4 is 22.5 Å². The van der Waals surface area contributed by atoms with E-state index in [1.165, 1.54) is 12.1 Å². The molecule has 1 aliphatic rings. The molecule has 0 bridgehead atoms. The first-order valence-electron chi connectivity index (χ1n) is 8.59. The molecule has 0 saturated heterocycles. The molecule has 1 aromatic heterocycles. The Hall–Kier alpha value is -2.60. The summed E-state index contributed by atoms with van der Waals surface area (Å²) in [7, 11) is 0. The fourth-order valence-electron chi connectivity index (χ4n) is 3.30. The van der Waals surface area contributed by atoms with E-state index in [-0.39, 0.29) is 46.9 Å². The fourth-order valence-corrected chi connectivity index (χ4v) is 3.30. The molecular formula is C20H22O6. The van der Waals surface area contributed by atoms with E-state index in [0.717, 1.165) is 0 Å². The highest BCUT2D eigenvalue weighted by Crippen LogP contribution is 2.36. The van der Waals surface area contributed by atoms with E-state index in [2.05, 4.69) is 0 Å². The lowest BCUT2D eigenvalue weighted by Crippen LogP contribution is -2.21. The SMILES string of the molecule is Cc1c(O)cc2oc(=O)c(C3=CC(=O)C[C@H](C)O3)cc2c1[C@@H](C)[C@@H](C)O. The Balaban J connectivity index is 2.30. The van der Waals surface area contributed by atoms with Gasteiger partial charge >= 0.3 is 5.63 Å². The summed E-state index contributed by atoms with van der Waals surface area (Å²) < 4.78 is 11.0. The number of ether oxygens (including phenoxy) is 1. The van der Waals surface area contributed by atoms with E-state index in [9.17, 15) is 19.8 Å². The van der Waals surface area contributed by atoms with Gasteiger partial charge in [0.2, 0.25) is 0 Å². The normalized spacial score (nSPS) is 19.8. The quantitative estimate of drug-likeness (QED) is 0.819. The number of phenolic OH excluding ortho intramolecular Hbond substituents is 1. The molecule has 0 fully saturated rings. The molecule has 0 unspecified atom stereocenters. The molecule has 6 heteroatoms. The monoisotopic (exact) mass is 358 g/mol. The van der Waals surface area contributed by atoms with Gasteiger partial charge in [0.25, 0.3) is 0 Å². The smallest absolute Gasteiger partial charge is 0.347 e. The number of rotatable bonds is 3. The van der Waals surface area contributed by atoms with Crippen LogP contribution in [0, 0.1) is 6.92 Å². The Labute approximate surface area is 150 Å². The van der Waals surface area contributed by atoms with E-state index >= 15 is 0 Å². The molecule has 0 saturated carbocycles. The number of fused-ring (bicyclic) bond motifs is 1. The van der Waals surface area contributed by atoms with Gasteiger partial charge in [-0.15, -0.1) is 0 Å². The number of aliphatic hydroxyl groups excluding tert-OH is 1. The number of phenols is 1. The van der Waals surface area contributed by atoms with Crippen LogP contribution in [0.4, 0.5) is 0 Å². The zero-order chi connectivity index (χ0) is 19.2. The third-order valence-corrected chi connectivity index (χ3v) is 4.88. The van der Waals surface area contributed by atoms with Gasteiger partial charge < -0.3 is 19.4 Å². The predicted octanol–water partition coefficient (Wildman–Crippen LogP) is 3.01. The standard InChI is InChI=1S/C20H22O6/c1-9-5-13(22)6-17(25-9)15-7-14-18(26-20(15)24)8-16(23)11(3)19(14)10(2)12(4)21/h6-10,12,21,23H,5H2,1-4H3/t9-,10-,12+/m0/s1. The largest absolute Gasteiger partial charge is 0.508 e. The summed E-state index contributed by atoms with van der Waals surface area (Å²) in [5, 5.41) is 20.8. The van der Waals surface area contributed by atoms with Crippen LogP contribution in [0.2, 0.25) is 0 Å². The summed E-state index contributed by atoms with van der Waals surface area (Å²) in [5.74, 6) is -0.233. The number of carbonyl (C=O) groups excluding carboxylic acids is 1. The summed E-state index contributed by atoms with van der Waals surface area (Å²) in [4.78, 5) is 24.3. The van der Waals surface area contributed by atoms with Gasteiger partial charge in [0.1, 0.15) is 28.8 Å². The molecule has 1 aliphatic heterocycles. The van der Waals surface area contributed by atoms with E-state index in [1.54, 1.807) is 26.8 Å². The average molecular weight is 358 g/mol. The zero-order valence-corrected chi connectivity index (χ0v) is 15.2. The number of ketones is 1. The Morgan fingerprint density at radius 1 is 1.23 bits per heavy atom. The first-order valence-corrected chi connectivity index (χ1v) is 8.59. The topological polar surface area (TPSA) is 97.0 Å². The Morgan fingerprint density at radius 2 is 1.92 bits per heavy atom. The second kappa shape index (κ2) is 6.61. The van der Waals surface area contributed by atoms with Gasteiger partial charge in [0.05, 0.1) is 6.10 Å². The second-order valence-electron chi connectivity index (χ2n) is 6.93. The minimum absolute atomic E-state index is 0.00664. The molecule has 138 valence electrons. The van der Waals surface area contributed by atoms with Crippen molar-refractivity contribution in [3.63, 3.8) is 0 Å². The van der Waals surface area contributed by atoms with Crippen molar-refractivity contribution in [1.82, 2.24) is 0 Å². The summed E-state index contributed by atoms with van der Waals surface area (Å²) in [6.45, 7) is 7.00. The van der Waals surface area contributed by atoms with Crippen LogP contribution in [-0.2, 0) is 9.53 Å². The summed E-state index contributed by atoms with van der Waals surface area (Å²) in [5.41, 5.74) is 1.02. The maximum absolute atomic E-state index is 12.4. The molecule has 0 aliphatic carbocycles. The first-order chi connectivity index (χ1) is 12.2. The van der Waals surface area contributed by atoms with Crippen molar-refractivity contribution in [2.45, 2.75) is 52.2 Å².